The third-order valence-electron chi connectivity index (χ3n) is 1.76. The first-order valence-electron chi connectivity index (χ1n) is 4.65. The molecule has 0 heterocycles. The zero-order valence-electron chi connectivity index (χ0n) is 7.91. The lowest BCUT2D eigenvalue weighted by Gasteiger charge is -1.97. The first-order valence-corrected chi connectivity index (χ1v) is 7.82. The minimum absolute atomic E-state index is 1.07. The second-order valence-electron chi connectivity index (χ2n) is 2.98. The van der Waals surface area contributed by atoms with Gasteiger partial charge in [0.15, 0.2) is 0 Å². The fraction of sp³-hybridized carbons (Fsp3) is 0.600. The minimum atomic E-state index is 1.07. The van der Waals surface area contributed by atoms with Crippen molar-refractivity contribution in [2.24, 2.45) is 0 Å². The van der Waals surface area contributed by atoms with Gasteiger partial charge >= 0.3 is 0 Å². The lowest BCUT2D eigenvalue weighted by Crippen LogP contribution is -1.76. The molecule has 82 valence electrons. The fourth-order valence-corrected chi connectivity index (χ4v) is 1.98. The van der Waals surface area contributed by atoms with E-state index in [4.69, 9.17) is 0 Å². The molecule has 0 aliphatic carbocycles. The van der Waals surface area contributed by atoms with E-state index in [2.05, 4.69) is 75.9 Å². The Balaban J connectivity index is 3.15. The maximum Gasteiger partial charge on any atom is 0.0564 e. The number of unbranched alkanes of at least 4 members (excludes halogenated alkanes) is 5. The van der Waals surface area contributed by atoms with Crippen molar-refractivity contribution in [2.45, 2.75) is 38.5 Å². The molecule has 14 heavy (non-hydrogen) atoms. The number of hydrogen-bond donors (Lipinski definition) is 0. The summed E-state index contributed by atoms with van der Waals surface area (Å²) in [5, 5.41) is 0. The lowest BCUT2D eigenvalue weighted by atomic mass is 10.1. The average molecular weight is 454 g/mol. The molecule has 0 radical (unpaired) electrons. The topological polar surface area (TPSA) is 0 Å². The van der Waals surface area contributed by atoms with Gasteiger partial charge in [0.1, 0.15) is 0 Å². The molecule has 0 aliphatic heterocycles. The third-order valence-corrected chi connectivity index (χ3v) is 3.05. The quantitative estimate of drug-likeness (QED) is 0.381. The van der Waals surface area contributed by atoms with Crippen LogP contribution in [0.4, 0.5) is 0 Å². The summed E-state index contributed by atoms with van der Waals surface area (Å²) < 4.78 is 2.13. The maximum atomic E-state index is 3.34. The van der Waals surface area contributed by atoms with E-state index in [0.717, 1.165) is 19.6 Å². The van der Waals surface area contributed by atoms with Crippen LogP contribution in [-0.2, 0) is 0 Å². The zero-order chi connectivity index (χ0) is 10.8. The van der Waals surface area contributed by atoms with E-state index in [1.807, 2.05) is 0 Å². The van der Waals surface area contributed by atoms with Crippen molar-refractivity contribution in [3.63, 3.8) is 0 Å². The second-order valence-corrected chi connectivity index (χ2v) is 8.52. The smallest absolute Gasteiger partial charge is 0.0564 e. The van der Waals surface area contributed by atoms with Gasteiger partial charge in [0.05, 0.1) is 6.78 Å². The second kappa shape index (κ2) is 10.9. The molecule has 0 nitrogen and oxygen atoms in total. The van der Waals surface area contributed by atoms with Gasteiger partial charge in [-0.2, -0.15) is 0 Å². The average Bonchev–Trinajstić information content (AvgIpc) is 2.08. The highest BCUT2D eigenvalue weighted by molar-refractivity contribution is 9.28. The molecule has 0 saturated carbocycles. The molecule has 0 aromatic carbocycles. The van der Waals surface area contributed by atoms with Crippen LogP contribution in [0.2, 0.25) is 0 Å². The van der Waals surface area contributed by atoms with Gasteiger partial charge in [-0.3, -0.25) is 0 Å². The molecule has 0 rings (SSSR count). The van der Waals surface area contributed by atoms with Gasteiger partial charge in [0, 0.05) is 0 Å². The van der Waals surface area contributed by atoms with Crippen LogP contribution in [0.25, 0.3) is 0 Å². The van der Waals surface area contributed by atoms with Gasteiger partial charge in [-0.1, -0.05) is 25.0 Å². The first kappa shape index (κ1) is 15.4. The van der Waals surface area contributed by atoms with Crippen LogP contribution in [-0.4, -0.2) is 0 Å². The Hall–Kier alpha value is 1.40. The summed E-state index contributed by atoms with van der Waals surface area (Å²) >= 11 is 13.4. The van der Waals surface area contributed by atoms with Gasteiger partial charge in [-0.15, -0.1) is 0 Å². The summed E-state index contributed by atoms with van der Waals surface area (Å²) in [5.41, 5.74) is 0. The monoisotopic (exact) mass is 450 g/mol. The lowest BCUT2D eigenvalue weighted by molar-refractivity contribution is 0.652. The minimum Gasteiger partial charge on any atom is -0.0632 e. The van der Waals surface area contributed by atoms with E-state index in [1.165, 1.54) is 25.7 Å². The van der Waals surface area contributed by atoms with Crippen molar-refractivity contribution < 1.29 is 0 Å². The van der Waals surface area contributed by atoms with Crippen LogP contribution in [0, 0.1) is 0 Å². The van der Waals surface area contributed by atoms with Crippen LogP contribution in [0.15, 0.2) is 18.9 Å². The third kappa shape index (κ3) is 13.4. The fourth-order valence-electron chi connectivity index (χ4n) is 1.06. The van der Waals surface area contributed by atoms with Gasteiger partial charge in [0.2, 0.25) is 0 Å². The van der Waals surface area contributed by atoms with Gasteiger partial charge in [-0.25, -0.2) is 0 Å². The van der Waals surface area contributed by atoms with Crippen molar-refractivity contribution in [1.29, 1.82) is 0 Å². The van der Waals surface area contributed by atoms with Crippen molar-refractivity contribution in [3.8, 4) is 0 Å². The normalized spacial score (nSPS) is 9.71. The number of halogens is 4. The molecule has 0 aromatic rings. The summed E-state index contributed by atoms with van der Waals surface area (Å²) in [5.74, 6) is 0. The summed E-state index contributed by atoms with van der Waals surface area (Å²) in [6.45, 7) is 0. The molecule has 0 spiro atoms. The summed E-state index contributed by atoms with van der Waals surface area (Å²) in [6, 6.07) is 0. The molecule has 0 atom stereocenters. The number of rotatable bonds is 7. The predicted octanol–water partition coefficient (Wildman–Crippen LogP) is 6.59. The molecule has 0 aliphatic rings. The highest BCUT2D eigenvalue weighted by Gasteiger charge is 1.89. The summed E-state index contributed by atoms with van der Waals surface area (Å²) in [4.78, 5) is 0. The Morgan fingerprint density at radius 1 is 0.643 bits per heavy atom. The number of hydrogen-bond acceptors (Lipinski definition) is 0. The van der Waals surface area contributed by atoms with Gasteiger partial charge < -0.3 is 0 Å². The Morgan fingerprint density at radius 3 is 1.29 bits per heavy atom. The summed E-state index contributed by atoms with van der Waals surface area (Å²) in [6.07, 6.45) is 11.8. The van der Waals surface area contributed by atoms with Crippen LogP contribution < -0.4 is 0 Å². The van der Waals surface area contributed by atoms with E-state index in [9.17, 15) is 0 Å². The van der Waals surface area contributed by atoms with E-state index in [-0.39, 0.29) is 0 Å². The predicted molar refractivity (Wildman–Crippen MR) is 79.6 cm³/mol. The molecule has 0 unspecified atom stereocenters. The van der Waals surface area contributed by atoms with E-state index < -0.39 is 0 Å². The standard InChI is InChI=1S/C10H14Br4/c11-9(12)7-5-3-1-2-4-6-8-10(13)14/h7-8H,1-6H2. The zero-order valence-corrected chi connectivity index (χ0v) is 14.3. The molecule has 4 heteroatoms. The molecule has 0 amide bonds. The Bertz CT molecular complexity index is 166. The van der Waals surface area contributed by atoms with Crippen molar-refractivity contribution in [3.05, 3.63) is 18.9 Å². The molecular formula is C10H14Br4. The highest BCUT2D eigenvalue weighted by Crippen LogP contribution is 2.17. The van der Waals surface area contributed by atoms with Crippen molar-refractivity contribution in [1.82, 2.24) is 0 Å². The van der Waals surface area contributed by atoms with Gasteiger partial charge in [-0.05, 0) is 89.4 Å². The molecule has 0 bridgehead atoms. The van der Waals surface area contributed by atoms with E-state index >= 15 is 0 Å². The van der Waals surface area contributed by atoms with Crippen molar-refractivity contribution in [2.75, 3.05) is 0 Å². The molecule has 0 N–H and O–H groups in total. The largest absolute Gasteiger partial charge is 0.0632 e. The van der Waals surface area contributed by atoms with Gasteiger partial charge in [0.25, 0.3) is 0 Å². The SMILES string of the molecule is BrC(Br)=CCCCCCCC=C(Br)Br. The van der Waals surface area contributed by atoms with Crippen LogP contribution in [0.1, 0.15) is 38.5 Å². The first-order chi connectivity index (χ1) is 6.63. The Morgan fingerprint density at radius 2 is 1.00 bits per heavy atom. The van der Waals surface area contributed by atoms with Crippen LogP contribution in [0.3, 0.4) is 0 Å². The maximum absolute atomic E-state index is 3.34. The molecule has 0 aromatic heterocycles. The van der Waals surface area contributed by atoms with Crippen LogP contribution in [0.5, 0.6) is 0 Å². The Labute approximate surface area is 120 Å². The molecular weight excluding hydrogens is 440 g/mol. The highest BCUT2D eigenvalue weighted by atomic mass is 79.9. The summed E-state index contributed by atoms with van der Waals surface area (Å²) in [7, 11) is 0. The van der Waals surface area contributed by atoms with E-state index in [1.54, 1.807) is 0 Å². The number of allylic oxidation sites excluding steroid dienone is 2. The Kier molecular flexibility index (Phi) is 12.0. The van der Waals surface area contributed by atoms with E-state index in [0.29, 0.717) is 0 Å². The molecule has 0 saturated heterocycles. The molecule has 0 fully saturated rings. The van der Waals surface area contributed by atoms with Crippen molar-refractivity contribution >= 4 is 63.7 Å². The van der Waals surface area contributed by atoms with Crippen LogP contribution >= 0.6 is 63.7 Å².